The van der Waals surface area contributed by atoms with E-state index in [4.69, 9.17) is 39.5 Å². The zero-order valence-electron chi connectivity index (χ0n) is 7.21. The second-order valence-electron chi connectivity index (χ2n) is 2.61. The molecule has 0 N–H and O–H groups in total. The molecule has 0 bridgehead atoms. The fourth-order valence-corrected chi connectivity index (χ4v) is 2.19. The standard InChI is InChI=1S/C9H4Cl3NOS/c10-5-1-2-7(6(11)3-5)14-9-13-8(12)4-15-9/h1-4H. The molecule has 0 radical (unpaired) electrons. The van der Waals surface area contributed by atoms with Crippen LogP contribution in [0.2, 0.25) is 15.2 Å². The summed E-state index contributed by atoms with van der Waals surface area (Å²) in [4.78, 5) is 3.94. The Morgan fingerprint density at radius 2 is 2.00 bits per heavy atom. The maximum absolute atomic E-state index is 5.92. The molecule has 2 nitrogen and oxygen atoms in total. The van der Waals surface area contributed by atoms with Crippen molar-refractivity contribution in [2.45, 2.75) is 0 Å². The van der Waals surface area contributed by atoms with Gasteiger partial charge in [0.25, 0.3) is 5.19 Å². The minimum Gasteiger partial charge on any atom is -0.429 e. The maximum atomic E-state index is 5.92. The highest BCUT2D eigenvalue weighted by Crippen LogP contribution is 2.33. The Balaban J connectivity index is 2.24. The molecular formula is C9H4Cl3NOS. The van der Waals surface area contributed by atoms with Gasteiger partial charge in [-0.2, -0.15) is 4.98 Å². The van der Waals surface area contributed by atoms with E-state index in [0.29, 0.717) is 26.1 Å². The monoisotopic (exact) mass is 279 g/mol. The third-order valence-corrected chi connectivity index (χ3v) is 3.12. The molecule has 2 aromatic rings. The van der Waals surface area contributed by atoms with Crippen LogP contribution in [0.4, 0.5) is 0 Å². The lowest BCUT2D eigenvalue weighted by molar-refractivity contribution is 0.479. The molecule has 0 saturated carbocycles. The maximum Gasteiger partial charge on any atom is 0.280 e. The predicted molar refractivity (Wildman–Crippen MR) is 63.7 cm³/mol. The van der Waals surface area contributed by atoms with Gasteiger partial charge in [0.2, 0.25) is 0 Å². The van der Waals surface area contributed by atoms with Gasteiger partial charge in [0, 0.05) is 10.4 Å². The third kappa shape index (κ3) is 2.75. The van der Waals surface area contributed by atoms with Gasteiger partial charge in [0.15, 0.2) is 0 Å². The summed E-state index contributed by atoms with van der Waals surface area (Å²) in [6.07, 6.45) is 0. The van der Waals surface area contributed by atoms with Gasteiger partial charge in [0.1, 0.15) is 10.9 Å². The van der Waals surface area contributed by atoms with Crippen LogP contribution in [0.15, 0.2) is 23.6 Å². The van der Waals surface area contributed by atoms with Crippen LogP contribution in [0.5, 0.6) is 10.9 Å². The van der Waals surface area contributed by atoms with Crippen LogP contribution in [0, 0.1) is 0 Å². The highest BCUT2D eigenvalue weighted by Gasteiger charge is 2.06. The van der Waals surface area contributed by atoms with Gasteiger partial charge in [0.05, 0.1) is 5.02 Å². The Labute approximate surface area is 105 Å². The van der Waals surface area contributed by atoms with Gasteiger partial charge in [-0.05, 0) is 18.2 Å². The quantitative estimate of drug-likeness (QED) is 0.781. The Morgan fingerprint density at radius 3 is 2.60 bits per heavy atom. The second-order valence-corrected chi connectivity index (χ2v) is 4.66. The van der Waals surface area contributed by atoms with Crippen LogP contribution in [-0.4, -0.2) is 4.98 Å². The van der Waals surface area contributed by atoms with Crippen LogP contribution in [0.25, 0.3) is 0 Å². The molecule has 78 valence electrons. The molecule has 0 spiro atoms. The summed E-state index contributed by atoms with van der Waals surface area (Å²) in [5, 5.41) is 3.53. The number of hydrogen-bond acceptors (Lipinski definition) is 3. The van der Waals surface area contributed by atoms with Gasteiger partial charge >= 0.3 is 0 Å². The molecule has 0 saturated heterocycles. The SMILES string of the molecule is Clc1ccc(Oc2nc(Cl)cs2)c(Cl)c1. The number of ether oxygens (including phenoxy) is 1. The van der Waals surface area contributed by atoms with Gasteiger partial charge in [-0.25, -0.2) is 0 Å². The average molecular weight is 281 g/mol. The summed E-state index contributed by atoms with van der Waals surface area (Å²) in [7, 11) is 0. The smallest absolute Gasteiger partial charge is 0.280 e. The molecule has 1 aromatic heterocycles. The fraction of sp³-hybridized carbons (Fsp3) is 0. The Kier molecular flexibility index (Phi) is 3.36. The minimum atomic E-state index is 0.403. The van der Waals surface area contributed by atoms with E-state index < -0.39 is 0 Å². The third-order valence-electron chi connectivity index (χ3n) is 1.55. The Bertz CT molecular complexity index is 486. The van der Waals surface area contributed by atoms with Crippen molar-refractivity contribution >= 4 is 46.1 Å². The van der Waals surface area contributed by atoms with Gasteiger partial charge < -0.3 is 4.74 Å². The lowest BCUT2D eigenvalue weighted by Gasteiger charge is -2.03. The van der Waals surface area contributed by atoms with Crippen molar-refractivity contribution in [3.63, 3.8) is 0 Å². The summed E-state index contributed by atoms with van der Waals surface area (Å²) in [6.45, 7) is 0. The number of nitrogens with zero attached hydrogens (tertiary/aromatic N) is 1. The van der Waals surface area contributed by atoms with Gasteiger partial charge in [-0.1, -0.05) is 46.1 Å². The van der Waals surface area contributed by atoms with E-state index >= 15 is 0 Å². The molecule has 0 aliphatic heterocycles. The Morgan fingerprint density at radius 1 is 1.20 bits per heavy atom. The van der Waals surface area contributed by atoms with E-state index in [9.17, 15) is 0 Å². The lowest BCUT2D eigenvalue weighted by Crippen LogP contribution is -1.83. The topological polar surface area (TPSA) is 22.1 Å². The van der Waals surface area contributed by atoms with Crippen molar-refractivity contribution in [1.82, 2.24) is 4.98 Å². The summed E-state index contributed by atoms with van der Waals surface area (Å²) >= 11 is 18.6. The Hall–Kier alpha value is -0.480. The summed E-state index contributed by atoms with van der Waals surface area (Å²) in [5.74, 6) is 0.507. The van der Waals surface area contributed by atoms with Crippen molar-refractivity contribution in [2.24, 2.45) is 0 Å². The average Bonchev–Trinajstić information content (AvgIpc) is 2.56. The van der Waals surface area contributed by atoms with Crippen LogP contribution in [-0.2, 0) is 0 Å². The number of halogens is 3. The molecule has 1 aromatic carbocycles. The normalized spacial score (nSPS) is 10.3. The molecule has 0 aliphatic carbocycles. The molecule has 0 fully saturated rings. The first-order chi connectivity index (χ1) is 7.15. The molecule has 0 atom stereocenters. The number of rotatable bonds is 2. The van der Waals surface area contributed by atoms with Crippen molar-refractivity contribution in [3.8, 4) is 10.9 Å². The van der Waals surface area contributed by atoms with E-state index in [2.05, 4.69) is 4.98 Å². The van der Waals surface area contributed by atoms with Crippen molar-refractivity contribution in [2.75, 3.05) is 0 Å². The van der Waals surface area contributed by atoms with Gasteiger partial charge in [-0.3, -0.25) is 0 Å². The van der Waals surface area contributed by atoms with E-state index in [1.807, 2.05) is 0 Å². The first kappa shape index (κ1) is 11.0. The molecule has 2 rings (SSSR count). The molecule has 15 heavy (non-hydrogen) atoms. The lowest BCUT2D eigenvalue weighted by atomic mass is 10.3. The summed E-state index contributed by atoms with van der Waals surface area (Å²) in [5.41, 5.74) is 0. The van der Waals surface area contributed by atoms with E-state index in [0.717, 1.165) is 0 Å². The number of benzene rings is 1. The zero-order valence-corrected chi connectivity index (χ0v) is 10.3. The molecule has 1 heterocycles. The van der Waals surface area contributed by atoms with Crippen molar-refractivity contribution < 1.29 is 4.74 Å². The van der Waals surface area contributed by atoms with Crippen LogP contribution < -0.4 is 4.74 Å². The minimum absolute atomic E-state index is 0.403. The number of thiazole rings is 1. The van der Waals surface area contributed by atoms with Gasteiger partial charge in [-0.15, -0.1) is 0 Å². The number of aromatic nitrogens is 1. The summed E-state index contributed by atoms with van der Waals surface area (Å²) < 4.78 is 5.42. The molecule has 6 heteroatoms. The predicted octanol–water partition coefficient (Wildman–Crippen LogP) is 4.90. The molecule has 0 aliphatic rings. The highest BCUT2D eigenvalue weighted by atomic mass is 35.5. The van der Waals surface area contributed by atoms with Crippen molar-refractivity contribution in [1.29, 1.82) is 0 Å². The molecule has 0 amide bonds. The number of hydrogen-bond donors (Lipinski definition) is 0. The first-order valence-electron chi connectivity index (χ1n) is 3.89. The molecular weight excluding hydrogens is 277 g/mol. The second kappa shape index (κ2) is 4.58. The first-order valence-corrected chi connectivity index (χ1v) is 5.90. The summed E-state index contributed by atoms with van der Waals surface area (Å²) in [6, 6.07) is 4.98. The molecule has 0 unspecified atom stereocenters. The highest BCUT2D eigenvalue weighted by molar-refractivity contribution is 7.11. The fourth-order valence-electron chi connectivity index (χ4n) is 0.938. The zero-order chi connectivity index (χ0) is 10.8. The largest absolute Gasteiger partial charge is 0.429 e. The van der Waals surface area contributed by atoms with Crippen molar-refractivity contribution in [3.05, 3.63) is 38.8 Å². The van der Waals surface area contributed by atoms with Crippen LogP contribution in [0.1, 0.15) is 0 Å². The van der Waals surface area contributed by atoms with E-state index in [-0.39, 0.29) is 0 Å². The van der Waals surface area contributed by atoms with E-state index in [1.165, 1.54) is 11.3 Å². The van der Waals surface area contributed by atoms with E-state index in [1.54, 1.807) is 23.6 Å². The van der Waals surface area contributed by atoms with Crippen LogP contribution >= 0.6 is 46.1 Å². The van der Waals surface area contributed by atoms with Crippen LogP contribution in [0.3, 0.4) is 0 Å².